The molecule has 0 spiro atoms. The van der Waals surface area contributed by atoms with Crippen LogP contribution >= 0.6 is 0 Å². The van der Waals surface area contributed by atoms with Gasteiger partial charge in [0.15, 0.2) is 0 Å². The number of carbonyl (C=O) groups is 2. The number of hydrogen-bond acceptors (Lipinski definition) is 4. The second-order valence-corrected chi connectivity index (χ2v) is 6.26. The molecule has 0 bridgehead atoms. The maximum absolute atomic E-state index is 12.7. The number of nitrogens with zero attached hydrogens (tertiary/aromatic N) is 3. The first-order chi connectivity index (χ1) is 11.1. The molecule has 2 amide bonds. The average Bonchev–Trinajstić information content (AvgIpc) is 2.89. The molecular formula is C16H24N4O3. The Morgan fingerprint density at radius 2 is 2.26 bits per heavy atom. The Morgan fingerprint density at radius 1 is 1.39 bits per heavy atom. The summed E-state index contributed by atoms with van der Waals surface area (Å²) in [4.78, 5) is 35.9. The highest BCUT2D eigenvalue weighted by Crippen LogP contribution is 2.22. The first-order valence-electron chi connectivity index (χ1n) is 8.31. The van der Waals surface area contributed by atoms with Crippen molar-refractivity contribution in [2.45, 2.75) is 38.6 Å². The van der Waals surface area contributed by atoms with E-state index in [1.165, 1.54) is 0 Å². The van der Waals surface area contributed by atoms with Crippen molar-refractivity contribution in [3.63, 3.8) is 0 Å². The fourth-order valence-corrected chi connectivity index (χ4v) is 3.19. The molecule has 0 saturated carbocycles. The monoisotopic (exact) mass is 320 g/mol. The lowest BCUT2D eigenvalue weighted by molar-refractivity contribution is -0.146. The standard InChI is InChI=1S/C16H24N4O3/c1-12-9-17-16(18-12)13-11-23-8-7-20(13)15(22)10-19-6-4-2-3-5-14(19)21/h9,13H,2-8,10-11H2,1H3,(H,17,18). The first-order valence-corrected chi connectivity index (χ1v) is 8.31. The molecule has 0 aromatic carbocycles. The number of H-pyrrole nitrogens is 1. The van der Waals surface area contributed by atoms with Crippen LogP contribution in [-0.2, 0) is 14.3 Å². The molecule has 1 N–H and O–H groups in total. The van der Waals surface area contributed by atoms with Crippen molar-refractivity contribution in [2.24, 2.45) is 0 Å². The van der Waals surface area contributed by atoms with Crippen LogP contribution in [0.25, 0.3) is 0 Å². The van der Waals surface area contributed by atoms with E-state index >= 15 is 0 Å². The molecule has 23 heavy (non-hydrogen) atoms. The highest BCUT2D eigenvalue weighted by Gasteiger charge is 2.32. The summed E-state index contributed by atoms with van der Waals surface area (Å²) >= 11 is 0. The topological polar surface area (TPSA) is 78.5 Å². The van der Waals surface area contributed by atoms with Gasteiger partial charge in [-0.05, 0) is 19.8 Å². The number of rotatable bonds is 3. The van der Waals surface area contributed by atoms with E-state index in [4.69, 9.17) is 4.74 Å². The summed E-state index contributed by atoms with van der Waals surface area (Å²) in [5, 5.41) is 0. The second-order valence-electron chi connectivity index (χ2n) is 6.26. The summed E-state index contributed by atoms with van der Waals surface area (Å²) < 4.78 is 5.52. The number of amides is 2. The number of aryl methyl sites for hydroxylation is 1. The molecule has 7 nitrogen and oxygen atoms in total. The summed E-state index contributed by atoms with van der Waals surface area (Å²) in [5.41, 5.74) is 0.959. The number of carbonyl (C=O) groups excluding carboxylic acids is 2. The fourth-order valence-electron chi connectivity index (χ4n) is 3.19. The van der Waals surface area contributed by atoms with Crippen LogP contribution in [0, 0.1) is 6.92 Å². The van der Waals surface area contributed by atoms with Crippen molar-refractivity contribution in [3.05, 3.63) is 17.7 Å². The summed E-state index contributed by atoms with van der Waals surface area (Å²) in [6.45, 7) is 4.27. The van der Waals surface area contributed by atoms with Gasteiger partial charge in [0.1, 0.15) is 11.9 Å². The van der Waals surface area contributed by atoms with Gasteiger partial charge < -0.3 is 19.5 Å². The van der Waals surface area contributed by atoms with Gasteiger partial charge in [0.05, 0.1) is 19.8 Å². The number of ether oxygens (including phenoxy) is 1. The largest absolute Gasteiger partial charge is 0.377 e. The van der Waals surface area contributed by atoms with E-state index in [2.05, 4.69) is 9.97 Å². The van der Waals surface area contributed by atoms with Gasteiger partial charge >= 0.3 is 0 Å². The zero-order valence-corrected chi connectivity index (χ0v) is 13.6. The maximum atomic E-state index is 12.7. The minimum Gasteiger partial charge on any atom is -0.377 e. The third-order valence-electron chi connectivity index (χ3n) is 4.48. The maximum Gasteiger partial charge on any atom is 0.242 e. The van der Waals surface area contributed by atoms with Crippen LogP contribution in [0.4, 0.5) is 0 Å². The van der Waals surface area contributed by atoms with Crippen molar-refractivity contribution < 1.29 is 14.3 Å². The van der Waals surface area contributed by atoms with Gasteiger partial charge in [-0.25, -0.2) is 4.98 Å². The second kappa shape index (κ2) is 7.12. The molecule has 3 rings (SSSR count). The van der Waals surface area contributed by atoms with E-state index in [1.54, 1.807) is 16.0 Å². The van der Waals surface area contributed by atoms with Crippen molar-refractivity contribution >= 4 is 11.8 Å². The van der Waals surface area contributed by atoms with E-state index in [-0.39, 0.29) is 24.4 Å². The molecule has 0 radical (unpaired) electrons. The van der Waals surface area contributed by atoms with Crippen LogP contribution in [0.5, 0.6) is 0 Å². The minimum atomic E-state index is -0.202. The molecule has 1 unspecified atom stereocenters. The number of likely N-dealkylation sites (tertiary alicyclic amines) is 1. The lowest BCUT2D eigenvalue weighted by atomic mass is 10.2. The van der Waals surface area contributed by atoms with E-state index in [0.29, 0.717) is 32.7 Å². The van der Waals surface area contributed by atoms with Crippen LogP contribution < -0.4 is 0 Å². The number of aromatic amines is 1. The van der Waals surface area contributed by atoms with Crippen molar-refractivity contribution in [2.75, 3.05) is 32.8 Å². The number of hydrogen-bond donors (Lipinski definition) is 1. The number of aromatic nitrogens is 2. The van der Waals surface area contributed by atoms with Crippen LogP contribution in [-0.4, -0.2) is 64.4 Å². The molecule has 1 aromatic heterocycles. The zero-order chi connectivity index (χ0) is 16.2. The van der Waals surface area contributed by atoms with Gasteiger partial charge in [0.2, 0.25) is 11.8 Å². The minimum absolute atomic E-state index is 0.0254. The molecule has 1 aromatic rings. The molecule has 2 saturated heterocycles. The summed E-state index contributed by atoms with van der Waals surface area (Å²) in [6.07, 6.45) is 5.27. The highest BCUT2D eigenvalue weighted by atomic mass is 16.5. The van der Waals surface area contributed by atoms with Gasteiger partial charge in [-0.2, -0.15) is 0 Å². The number of morpholine rings is 1. The molecular weight excluding hydrogens is 296 g/mol. The summed E-state index contributed by atoms with van der Waals surface area (Å²) in [5.74, 6) is 0.815. The van der Waals surface area contributed by atoms with E-state index in [1.807, 2.05) is 6.92 Å². The molecule has 2 aliphatic heterocycles. The van der Waals surface area contributed by atoms with Gasteiger partial charge in [-0.1, -0.05) is 6.42 Å². The Kier molecular flexibility index (Phi) is 4.95. The smallest absolute Gasteiger partial charge is 0.242 e. The molecule has 1 atom stereocenters. The van der Waals surface area contributed by atoms with Crippen molar-refractivity contribution in [1.29, 1.82) is 0 Å². The molecule has 2 aliphatic rings. The lowest BCUT2D eigenvalue weighted by Gasteiger charge is -2.35. The third-order valence-corrected chi connectivity index (χ3v) is 4.48. The fraction of sp³-hybridized carbons (Fsp3) is 0.688. The van der Waals surface area contributed by atoms with Crippen molar-refractivity contribution in [1.82, 2.24) is 19.8 Å². The van der Waals surface area contributed by atoms with Gasteiger partial charge in [0, 0.05) is 31.4 Å². The van der Waals surface area contributed by atoms with Crippen LogP contribution in [0.1, 0.15) is 43.2 Å². The van der Waals surface area contributed by atoms with Gasteiger partial charge in [-0.15, -0.1) is 0 Å². The normalized spacial score (nSPS) is 23.0. The Bertz CT molecular complexity index is 571. The Morgan fingerprint density at radius 3 is 3.04 bits per heavy atom. The van der Waals surface area contributed by atoms with Gasteiger partial charge in [0.25, 0.3) is 0 Å². The van der Waals surface area contributed by atoms with Crippen LogP contribution in [0.15, 0.2) is 6.20 Å². The Balaban J connectivity index is 1.69. The van der Waals surface area contributed by atoms with Crippen molar-refractivity contribution in [3.8, 4) is 0 Å². The van der Waals surface area contributed by atoms with E-state index < -0.39 is 0 Å². The average molecular weight is 320 g/mol. The van der Waals surface area contributed by atoms with Crippen LogP contribution in [0.2, 0.25) is 0 Å². The third kappa shape index (κ3) is 3.72. The van der Waals surface area contributed by atoms with E-state index in [9.17, 15) is 9.59 Å². The van der Waals surface area contributed by atoms with E-state index in [0.717, 1.165) is 30.8 Å². The highest BCUT2D eigenvalue weighted by molar-refractivity contribution is 5.85. The number of imidazole rings is 1. The number of nitrogens with one attached hydrogen (secondary N) is 1. The van der Waals surface area contributed by atoms with Gasteiger partial charge in [-0.3, -0.25) is 9.59 Å². The SMILES string of the molecule is Cc1cnc(C2COCCN2C(=O)CN2CCCCCC2=O)[nH]1. The molecule has 3 heterocycles. The molecule has 0 aliphatic carbocycles. The Hall–Kier alpha value is -1.89. The first kappa shape index (κ1) is 16.0. The predicted molar refractivity (Wildman–Crippen MR) is 83.6 cm³/mol. The van der Waals surface area contributed by atoms with Crippen LogP contribution in [0.3, 0.4) is 0 Å². The quantitative estimate of drug-likeness (QED) is 0.902. The summed E-state index contributed by atoms with van der Waals surface area (Å²) in [6, 6.07) is -0.202. The predicted octanol–water partition coefficient (Wildman–Crippen LogP) is 1.02. The molecule has 126 valence electrons. The Labute approximate surface area is 136 Å². The molecule has 7 heteroatoms. The molecule has 2 fully saturated rings. The zero-order valence-electron chi connectivity index (χ0n) is 13.6. The lowest BCUT2D eigenvalue weighted by Crippen LogP contribution is -2.48. The summed E-state index contributed by atoms with van der Waals surface area (Å²) in [7, 11) is 0.